The van der Waals surface area contributed by atoms with Gasteiger partial charge in [0.15, 0.2) is 5.82 Å². The van der Waals surface area contributed by atoms with E-state index in [1.54, 1.807) is 12.3 Å². The predicted molar refractivity (Wildman–Crippen MR) is 36.6 cm³/mol. The van der Waals surface area contributed by atoms with Crippen LogP contribution in [-0.2, 0) is 0 Å². The van der Waals surface area contributed by atoms with Crippen molar-refractivity contribution in [3.05, 3.63) is 18.6 Å². The maximum Gasteiger partial charge on any atom is 0.157 e. The second-order valence-corrected chi connectivity index (χ2v) is 1.96. The molecule has 2 aromatic heterocycles. The molecule has 4 nitrogen and oxygen atoms in total. The fourth-order valence-electron chi connectivity index (χ4n) is 0.872. The molecule has 0 spiro atoms. The minimum Gasteiger partial charge on any atom is -0.346 e. The van der Waals surface area contributed by atoms with Crippen LogP contribution in [0, 0.1) is 0 Å². The third-order valence-corrected chi connectivity index (χ3v) is 1.35. The van der Waals surface area contributed by atoms with Crippen LogP contribution in [0.5, 0.6) is 0 Å². The summed E-state index contributed by atoms with van der Waals surface area (Å²) in [4.78, 5) is 10.5. The number of aromatic nitrogens is 3. The monoisotopic (exact) mass is 133 g/mol. The molecule has 10 heavy (non-hydrogen) atoms. The normalized spacial score (nSPS) is 10.4. The highest BCUT2D eigenvalue weighted by atomic mass is 15.0. The Hall–Kier alpha value is -1.58. The Kier molecular flexibility index (Phi) is 0.887. The van der Waals surface area contributed by atoms with Crippen LogP contribution in [0.3, 0.4) is 0 Å². The van der Waals surface area contributed by atoms with Crippen molar-refractivity contribution in [2.75, 3.05) is 0 Å². The average Bonchev–Trinajstić information content (AvgIpc) is 2.36. The van der Waals surface area contributed by atoms with Crippen molar-refractivity contribution in [1.29, 1.82) is 0 Å². The van der Waals surface area contributed by atoms with Crippen molar-refractivity contribution < 1.29 is 0 Å². The number of rotatable bonds is 0. The van der Waals surface area contributed by atoms with Crippen LogP contribution in [0.25, 0.3) is 11.0 Å². The lowest BCUT2D eigenvalue weighted by molar-refractivity contribution is 1.17. The van der Waals surface area contributed by atoms with E-state index in [0.717, 1.165) is 11.0 Å². The molecule has 0 atom stereocenters. The molecule has 0 aromatic carbocycles. The van der Waals surface area contributed by atoms with Crippen LogP contribution in [-0.4, -0.2) is 15.0 Å². The number of nitrogens with zero attached hydrogens (tertiary/aromatic N) is 2. The Morgan fingerprint density at radius 2 is 2.30 bits per heavy atom. The SMILES string of the molecule is [NH]c1ncnc2[nH]ccc12. The molecule has 0 saturated carbocycles. The molecule has 0 bridgehead atoms. The second-order valence-electron chi connectivity index (χ2n) is 1.96. The van der Waals surface area contributed by atoms with Crippen LogP contribution in [0.2, 0.25) is 0 Å². The Labute approximate surface area is 57.1 Å². The third kappa shape index (κ3) is 0.556. The third-order valence-electron chi connectivity index (χ3n) is 1.35. The van der Waals surface area contributed by atoms with E-state index in [2.05, 4.69) is 15.0 Å². The quantitative estimate of drug-likeness (QED) is 0.579. The highest BCUT2D eigenvalue weighted by Gasteiger charge is 1.98. The number of H-pyrrole nitrogens is 1. The summed E-state index contributed by atoms with van der Waals surface area (Å²) in [6, 6.07) is 1.79. The summed E-state index contributed by atoms with van der Waals surface area (Å²) in [6.07, 6.45) is 3.12. The summed E-state index contributed by atoms with van der Waals surface area (Å²) < 4.78 is 0. The Morgan fingerprint density at radius 1 is 1.40 bits per heavy atom. The summed E-state index contributed by atoms with van der Waals surface area (Å²) in [7, 11) is 0. The van der Waals surface area contributed by atoms with E-state index in [0.29, 0.717) is 0 Å². The molecule has 0 saturated heterocycles. The topological polar surface area (TPSA) is 65.4 Å². The van der Waals surface area contributed by atoms with E-state index in [1.807, 2.05) is 0 Å². The van der Waals surface area contributed by atoms with Gasteiger partial charge in [0, 0.05) is 6.20 Å². The summed E-state index contributed by atoms with van der Waals surface area (Å²) in [6.45, 7) is 0. The van der Waals surface area contributed by atoms with E-state index in [-0.39, 0.29) is 5.82 Å². The lowest BCUT2D eigenvalue weighted by Crippen LogP contribution is -1.81. The maximum atomic E-state index is 7.31. The molecule has 2 N–H and O–H groups in total. The molecular formula is C6H5N4. The van der Waals surface area contributed by atoms with Gasteiger partial charge in [0.2, 0.25) is 0 Å². The van der Waals surface area contributed by atoms with Crippen molar-refractivity contribution in [3.8, 4) is 0 Å². The second kappa shape index (κ2) is 1.70. The summed E-state index contributed by atoms with van der Waals surface area (Å²) in [5, 5.41) is 0.766. The van der Waals surface area contributed by atoms with Gasteiger partial charge in [-0.3, -0.25) is 5.73 Å². The van der Waals surface area contributed by atoms with Crippen LogP contribution < -0.4 is 5.73 Å². The zero-order chi connectivity index (χ0) is 6.97. The average molecular weight is 133 g/mol. The van der Waals surface area contributed by atoms with Gasteiger partial charge >= 0.3 is 0 Å². The smallest absolute Gasteiger partial charge is 0.157 e. The molecule has 2 heterocycles. The van der Waals surface area contributed by atoms with Gasteiger partial charge in [0.1, 0.15) is 12.0 Å². The first-order valence-corrected chi connectivity index (χ1v) is 2.87. The molecular weight excluding hydrogens is 128 g/mol. The molecule has 0 aliphatic carbocycles. The highest BCUT2D eigenvalue weighted by molar-refractivity contribution is 5.84. The number of aromatic amines is 1. The van der Waals surface area contributed by atoms with Gasteiger partial charge in [-0.15, -0.1) is 0 Å². The number of fused-ring (bicyclic) bond motifs is 1. The van der Waals surface area contributed by atoms with Crippen molar-refractivity contribution >= 4 is 16.9 Å². The molecule has 0 amide bonds. The van der Waals surface area contributed by atoms with Crippen LogP contribution in [0.1, 0.15) is 0 Å². The zero-order valence-corrected chi connectivity index (χ0v) is 5.13. The minimum absolute atomic E-state index is 0.270. The van der Waals surface area contributed by atoms with E-state index >= 15 is 0 Å². The Bertz CT molecular complexity index is 351. The fourth-order valence-corrected chi connectivity index (χ4v) is 0.872. The molecule has 0 aliphatic heterocycles. The Balaban J connectivity index is 2.95. The van der Waals surface area contributed by atoms with Gasteiger partial charge in [-0.2, -0.15) is 0 Å². The summed E-state index contributed by atoms with van der Waals surface area (Å²) in [5.41, 5.74) is 8.03. The van der Waals surface area contributed by atoms with Crippen molar-refractivity contribution in [2.45, 2.75) is 0 Å². The lowest BCUT2D eigenvalue weighted by Gasteiger charge is -1.89. The van der Waals surface area contributed by atoms with Gasteiger partial charge < -0.3 is 4.98 Å². The predicted octanol–water partition coefficient (Wildman–Crippen LogP) is 0.872. The van der Waals surface area contributed by atoms with Crippen molar-refractivity contribution in [2.24, 2.45) is 0 Å². The van der Waals surface area contributed by atoms with Crippen LogP contribution in [0.15, 0.2) is 18.6 Å². The van der Waals surface area contributed by atoms with E-state index < -0.39 is 0 Å². The van der Waals surface area contributed by atoms with E-state index in [4.69, 9.17) is 5.73 Å². The molecule has 4 heteroatoms. The van der Waals surface area contributed by atoms with Gasteiger partial charge in [0.25, 0.3) is 0 Å². The summed E-state index contributed by atoms with van der Waals surface area (Å²) in [5.74, 6) is 0.270. The zero-order valence-electron chi connectivity index (χ0n) is 5.13. The number of nitrogens with one attached hydrogen (secondary N) is 2. The molecule has 1 radical (unpaired) electrons. The van der Waals surface area contributed by atoms with Gasteiger partial charge in [-0.05, 0) is 6.07 Å². The lowest BCUT2D eigenvalue weighted by atomic mass is 10.4. The van der Waals surface area contributed by atoms with Gasteiger partial charge in [-0.1, -0.05) is 0 Å². The Morgan fingerprint density at radius 3 is 3.10 bits per heavy atom. The number of hydrogen-bond acceptors (Lipinski definition) is 2. The molecule has 0 fully saturated rings. The van der Waals surface area contributed by atoms with Crippen LogP contribution >= 0.6 is 0 Å². The largest absolute Gasteiger partial charge is 0.346 e. The number of hydrogen-bond donors (Lipinski definition) is 1. The fraction of sp³-hybridized carbons (Fsp3) is 0. The van der Waals surface area contributed by atoms with Crippen LogP contribution in [0.4, 0.5) is 5.82 Å². The molecule has 0 unspecified atom stereocenters. The standard InChI is InChI=1S/C6H5N4/c7-5-4-1-2-8-6(4)10-3-9-5/h1-3,7H,(H,8,9,10). The first kappa shape index (κ1) is 5.22. The molecule has 2 aromatic rings. The highest BCUT2D eigenvalue weighted by Crippen LogP contribution is 2.14. The maximum absolute atomic E-state index is 7.31. The molecule has 49 valence electrons. The summed E-state index contributed by atoms with van der Waals surface area (Å²) >= 11 is 0. The first-order chi connectivity index (χ1) is 4.88. The molecule has 0 aliphatic rings. The van der Waals surface area contributed by atoms with E-state index in [1.165, 1.54) is 6.33 Å². The van der Waals surface area contributed by atoms with Crippen molar-refractivity contribution in [1.82, 2.24) is 20.7 Å². The van der Waals surface area contributed by atoms with Gasteiger partial charge in [-0.25, -0.2) is 9.97 Å². The molecule has 2 rings (SSSR count). The van der Waals surface area contributed by atoms with Crippen molar-refractivity contribution in [3.63, 3.8) is 0 Å². The van der Waals surface area contributed by atoms with Gasteiger partial charge in [0.05, 0.1) is 5.39 Å². The van der Waals surface area contributed by atoms with E-state index in [9.17, 15) is 0 Å². The minimum atomic E-state index is 0.270. The first-order valence-electron chi connectivity index (χ1n) is 2.87.